The molecule has 62 heavy (non-hydrogen) atoms. The molecule has 0 saturated carbocycles. The fraction of sp³-hybridized carbons (Fsp3) is 0.465. The van der Waals surface area contributed by atoms with Crippen molar-refractivity contribution >= 4 is 62.8 Å². The molecule has 0 spiro atoms. The van der Waals surface area contributed by atoms with Crippen molar-refractivity contribution in [3.63, 3.8) is 0 Å². The second kappa shape index (κ2) is 21.0. The number of carbonyl (C=O) groups excluding carboxylic acids is 6. The van der Waals surface area contributed by atoms with Gasteiger partial charge in [0.15, 0.2) is 40.4 Å². The van der Waals surface area contributed by atoms with Crippen LogP contribution in [0.15, 0.2) is 18.2 Å². The number of halogens is 2. The molecule has 3 atom stereocenters. The minimum atomic E-state index is -1.11. The first kappa shape index (κ1) is 46.8. The fourth-order valence-corrected chi connectivity index (χ4v) is 7.99. The van der Waals surface area contributed by atoms with Crippen LogP contribution in [0, 0.1) is 35.3 Å². The summed E-state index contributed by atoms with van der Waals surface area (Å²) in [5.74, 6) is -1.28. The highest BCUT2D eigenvalue weighted by Gasteiger charge is 2.42. The second-order valence-corrected chi connectivity index (χ2v) is 15.7. The van der Waals surface area contributed by atoms with Crippen LogP contribution in [0.5, 0.6) is 23.0 Å². The molecule has 2 aromatic carbocycles. The van der Waals surface area contributed by atoms with Crippen LogP contribution in [0.3, 0.4) is 0 Å². The number of hydrogen-bond donors (Lipinski definition) is 2. The maximum atomic E-state index is 15.8. The summed E-state index contributed by atoms with van der Waals surface area (Å²) in [6, 6.07) is 4.44. The number of nitrogens with zero attached hydrogens (tertiary/aromatic N) is 2. The average molecular weight is 884 g/mol. The molecule has 0 radical (unpaired) electrons. The van der Waals surface area contributed by atoms with E-state index in [1.807, 2.05) is 0 Å². The largest absolute Gasteiger partial charge is 0.493 e. The van der Waals surface area contributed by atoms with E-state index in [4.69, 9.17) is 28.8 Å². The summed E-state index contributed by atoms with van der Waals surface area (Å²) in [6.45, 7) is 4.24. The number of carboxylic acid groups (broad SMARTS) is 1. The molecule has 3 aromatic rings. The number of ketones is 1. The van der Waals surface area contributed by atoms with Gasteiger partial charge in [-0.05, 0) is 31.5 Å². The molecule has 1 aromatic heterocycles. The summed E-state index contributed by atoms with van der Waals surface area (Å²) < 4.78 is 59.3. The molecule has 2 aliphatic rings. The van der Waals surface area contributed by atoms with Crippen LogP contribution in [0.2, 0.25) is 0 Å². The van der Waals surface area contributed by atoms with Crippen molar-refractivity contribution < 1.29 is 71.1 Å². The van der Waals surface area contributed by atoms with E-state index >= 15 is 8.78 Å². The number of aliphatic carboxylic acids is 1. The third-order valence-corrected chi connectivity index (χ3v) is 11.3. The van der Waals surface area contributed by atoms with E-state index in [1.54, 1.807) is 19.9 Å². The number of carbonyl (C=O) groups is 7. The van der Waals surface area contributed by atoms with Crippen LogP contribution in [0.1, 0.15) is 80.1 Å². The lowest BCUT2D eigenvalue weighted by Gasteiger charge is -2.17. The second-order valence-electron chi connectivity index (χ2n) is 14.6. The van der Waals surface area contributed by atoms with E-state index in [9.17, 15) is 33.6 Å². The average Bonchev–Trinajstić information content (AvgIpc) is 3.95. The van der Waals surface area contributed by atoms with Crippen molar-refractivity contribution in [2.24, 2.45) is 11.8 Å². The van der Waals surface area contributed by atoms with Crippen molar-refractivity contribution in [2.75, 3.05) is 40.5 Å². The molecule has 1 fully saturated rings. The van der Waals surface area contributed by atoms with Gasteiger partial charge in [0.2, 0.25) is 23.6 Å². The fourth-order valence-electron chi connectivity index (χ4n) is 6.94. The summed E-state index contributed by atoms with van der Waals surface area (Å²) in [7, 11) is 2.67. The normalized spacial score (nSPS) is 15.4. The molecule has 1 saturated heterocycles. The molecule has 0 aliphatic carbocycles. The van der Waals surface area contributed by atoms with Crippen molar-refractivity contribution in [3.05, 3.63) is 45.8 Å². The van der Waals surface area contributed by atoms with Crippen LogP contribution in [-0.2, 0) is 46.6 Å². The highest BCUT2D eigenvalue weighted by atomic mass is 32.1. The van der Waals surface area contributed by atoms with Crippen molar-refractivity contribution in [3.8, 4) is 34.8 Å². The monoisotopic (exact) mass is 883 g/mol. The Labute approximate surface area is 359 Å². The molecule has 0 bridgehead atoms. The molecule has 2 aliphatic heterocycles. The molecule has 5 rings (SSSR count). The summed E-state index contributed by atoms with van der Waals surface area (Å²) in [6.07, 6.45) is -1.73. The van der Waals surface area contributed by atoms with Gasteiger partial charge in [-0.2, -0.15) is 0 Å². The van der Waals surface area contributed by atoms with Gasteiger partial charge in [0.25, 0.3) is 0 Å². The Morgan fingerprint density at radius 2 is 1.61 bits per heavy atom. The first-order valence-electron chi connectivity index (χ1n) is 19.8. The molecule has 332 valence electrons. The van der Waals surface area contributed by atoms with Gasteiger partial charge in [0, 0.05) is 66.4 Å². The van der Waals surface area contributed by atoms with Gasteiger partial charge < -0.3 is 39.0 Å². The lowest BCUT2D eigenvalue weighted by atomic mass is 9.93. The number of Topliss-reactive ketones (excluding diaryl/α,β-unsaturated/α-hetero) is 1. The Morgan fingerprint density at radius 1 is 0.935 bits per heavy atom. The molecular weight excluding hydrogens is 837 g/mol. The predicted octanol–water partition coefficient (Wildman–Crippen LogP) is 4.80. The van der Waals surface area contributed by atoms with E-state index in [1.165, 1.54) is 38.2 Å². The maximum Gasteiger partial charge on any atom is 0.306 e. The molecule has 4 amide bonds. The van der Waals surface area contributed by atoms with Gasteiger partial charge >= 0.3 is 11.9 Å². The Balaban J connectivity index is 1.09. The SMILES string of the molecule is CC#CC(C)C1CC(=O)N(CC(=O)NC[C@@H](C)OC(=O)CCC(=O)c2cc3c(F)c(OCCCOc4c(OC)cc5c(c4F)CN(C(=O)CCC(=O)O)C5)c(OC)cc3s2)C1=O. The number of nitrogens with one attached hydrogen (secondary N) is 1. The molecule has 19 heteroatoms. The van der Waals surface area contributed by atoms with E-state index in [2.05, 4.69) is 17.2 Å². The summed E-state index contributed by atoms with van der Waals surface area (Å²) in [5.41, 5.74) is 0.750. The molecule has 2 N–H and O–H groups in total. The summed E-state index contributed by atoms with van der Waals surface area (Å²) >= 11 is 1.00. The van der Waals surface area contributed by atoms with E-state index in [-0.39, 0.29) is 116 Å². The Hall–Kier alpha value is -6.29. The van der Waals surface area contributed by atoms with Gasteiger partial charge in [-0.3, -0.25) is 38.5 Å². The van der Waals surface area contributed by atoms with Crippen LogP contribution < -0.4 is 24.3 Å². The number of ether oxygens (including phenoxy) is 5. The topological polar surface area (TPSA) is 204 Å². The third kappa shape index (κ3) is 11.1. The Morgan fingerprint density at radius 3 is 2.27 bits per heavy atom. The minimum Gasteiger partial charge on any atom is -0.493 e. The van der Waals surface area contributed by atoms with Crippen molar-refractivity contribution in [1.82, 2.24) is 15.1 Å². The zero-order valence-electron chi connectivity index (χ0n) is 34.9. The Kier molecular flexibility index (Phi) is 15.8. The van der Waals surface area contributed by atoms with E-state index < -0.39 is 71.6 Å². The number of benzene rings is 2. The number of amides is 4. The van der Waals surface area contributed by atoms with E-state index in [0.717, 1.165) is 16.2 Å². The van der Waals surface area contributed by atoms with Crippen molar-refractivity contribution in [1.29, 1.82) is 0 Å². The minimum absolute atomic E-state index is 0.0267. The predicted molar refractivity (Wildman–Crippen MR) is 218 cm³/mol. The first-order valence-corrected chi connectivity index (χ1v) is 20.6. The highest BCUT2D eigenvalue weighted by molar-refractivity contribution is 7.20. The first-order chi connectivity index (χ1) is 29.6. The zero-order valence-corrected chi connectivity index (χ0v) is 35.7. The number of hydrogen-bond acceptors (Lipinski definition) is 13. The van der Waals surface area contributed by atoms with Crippen LogP contribution in [0.4, 0.5) is 8.78 Å². The van der Waals surface area contributed by atoms with Gasteiger partial charge in [0.05, 0.1) is 57.6 Å². The van der Waals surface area contributed by atoms with Gasteiger partial charge in [-0.1, -0.05) is 12.8 Å². The maximum absolute atomic E-state index is 15.8. The number of methoxy groups -OCH3 is 2. The Bertz CT molecular complexity index is 2320. The van der Waals surface area contributed by atoms with E-state index in [0.29, 0.717) is 10.3 Å². The molecular formula is C43H47F2N3O13S. The third-order valence-electron chi connectivity index (χ3n) is 10.2. The summed E-state index contributed by atoms with van der Waals surface area (Å²) in [5, 5.41) is 11.5. The molecule has 2 unspecified atom stereocenters. The number of rotatable bonds is 21. The molecule has 3 heterocycles. The van der Waals surface area contributed by atoms with Crippen LogP contribution in [0.25, 0.3) is 10.1 Å². The number of likely N-dealkylation sites (tertiary alicyclic amines) is 1. The number of imide groups is 1. The number of thiophene rings is 1. The lowest BCUT2D eigenvalue weighted by Crippen LogP contribution is -2.43. The lowest BCUT2D eigenvalue weighted by molar-refractivity contribution is -0.148. The van der Waals surface area contributed by atoms with Gasteiger partial charge in [-0.25, -0.2) is 8.78 Å². The number of carboxylic acids is 1. The standard InChI is InChI=1S/C43H47F2N3O13S/c1-6-8-23(2)26-17-36(52)48(43(26)56)22-34(50)46-19-24(3)61-38(55)12-9-29(49)33-16-27-32(62-33)18-31(58-5)42(39(27)44)60-14-7-13-59-41-30(57-4)15-25-20-47(21-28(25)40(41)45)35(51)10-11-37(53)54/h15-16,18,23-24,26H,7,9-14,17,19-22H2,1-5H3,(H,46,50)(H,53,54)/t23?,24-,26?/m1/s1. The molecule has 16 nitrogen and oxygen atoms in total. The quantitative estimate of drug-likeness (QED) is 0.0486. The number of fused-ring (bicyclic) bond motifs is 2. The van der Waals surface area contributed by atoms with Crippen LogP contribution in [-0.4, -0.2) is 103 Å². The number of esters is 1. The van der Waals surface area contributed by atoms with Crippen molar-refractivity contribution in [2.45, 2.75) is 78.5 Å². The smallest absolute Gasteiger partial charge is 0.306 e. The van der Waals surface area contributed by atoms with Crippen LogP contribution >= 0.6 is 11.3 Å². The van der Waals surface area contributed by atoms with Gasteiger partial charge in [-0.15, -0.1) is 17.3 Å². The van der Waals surface area contributed by atoms with Gasteiger partial charge in [0.1, 0.15) is 12.6 Å². The summed E-state index contributed by atoms with van der Waals surface area (Å²) in [4.78, 5) is 88.9. The highest BCUT2D eigenvalue weighted by Crippen LogP contribution is 2.41. The zero-order chi connectivity index (χ0) is 45.2.